The van der Waals surface area contributed by atoms with Crippen molar-refractivity contribution in [2.24, 2.45) is 0 Å². The molecule has 1 rings (SSSR count). The molecule has 0 spiro atoms. The molecule has 82 valence electrons. The minimum Gasteiger partial charge on any atom is -0.432 e. The number of nitro benzene ring substituents is 1. The molecule has 0 heterocycles. The molecule has 0 aromatic heterocycles. The monoisotopic (exact) mass is 219 g/mol. The van der Waals surface area contributed by atoms with Gasteiger partial charge >= 0.3 is 5.97 Å². The average Bonchev–Trinajstić information content (AvgIpc) is 2.27. The Labute approximate surface area is 91.8 Å². The average molecular weight is 219 g/mol. The molecule has 16 heavy (non-hydrogen) atoms. The van der Waals surface area contributed by atoms with Gasteiger partial charge in [0.05, 0.1) is 11.2 Å². The van der Waals surface area contributed by atoms with Gasteiger partial charge < -0.3 is 4.74 Å². The van der Waals surface area contributed by atoms with Crippen molar-refractivity contribution in [1.29, 1.82) is 0 Å². The fourth-order valence-electron chi connectivity index (χ4n) is 1.03. The van der Waals surface area contributed by atoms with Crippen LogP contribution in [-0.2, 0) is 9.53 Å². The highest BCUT2D eigenvalue weighted by atomic mass is 16.6. The smallest absolute Gasteiger partial charge is 0.335 e. The van der Waals surface area contributed by atoms with E-state index < -0.39 is 10.9 Å². The quantitative estimate of drug-likeness (QED) is 0.256. The molecule has 5 nitrogen and oxygen atoms in total. The largest absolute Gasteiger partial charge is 0.432 e. The minimum absolute atomic E-state index is 0.0285. The highest BCUT2D eigenvalue weighted by molar-refractivity contribution is 5.87. The highest BCUT2D eigenvalue weighted by Crippen LogP contribution is 2.14. The van der Waals surface area contributed by atoms with Crippen LogP contribution < -0.4 is 0 Å². The van der Waals surface area contributed by atoms with Crippen molar-refractivity contribution in [2.75, 3.05) is 0 Å². The van der Waals surface area contributed by atoms with Gasteiger partial charge in [-0.25, -0.2) is 4.79 Å². The van der Waals surface area contributed by atoms with E-state index in [2.05, 4.69) is 11.3 Å². The van der Waals surface area contributed by atoms with Crippen LogP contribution >= 0.6 is 0 Å². The number of hydrogen-bond donors (Lipinski definition) is 0. The van der Waals surface area contributed by atoms with Crippen LogP contribution in [-0.4, -0.2) is 10.9 Å². The molecule has 0 aliphatic rings. The molecule has 0 aliphatic carbocycles. The number of carbonyl (C=O) groups excluding carboxylic acids is 1. The molecule has 0 radical (unpaired) electrons. The molecule has 1 aromatic carbocycles. The normalized spacial score (nSPS) is 10.0. The lowest BCUT2D eigenvalue weighted by atomic mass is 10.2. The lowest BCUT2D eigenvalue weighted by Gasteiger charge is -1.94. The Kier molecular flexibility index (Phi) is 3.97. The summed E-state index contributed by atoms with van der Waals surface area (Å²) < 4.78 is 4.45. The molecule has 0 unspecified atom stereocenters. The molecule has 0 N–H and O–H groups in total. The fraction of sp³-hybridized carbons (Fsp3) is 0. The summed E-state index contributed by atoms with van der Waals surface area (Å²) in [5.74, 6) is -0.582. The topological polar surface area (TPSA) is 69.4 Å². The molecular weight excluding hydrogens is 210 g/mol. The van der Waals surface area contributed by atoms with Crippen LogP contribution in [0.15, 0.2) is 43.2 Å². The van der Waals surface area contributed by atoms with Crippen LogP contribution in [0.4, 0.5) is 5.69 Å². The highest BCUT2D eigenvalue weighted by Gasteiger charge is 2.03. The Balaban J connectivity index is 2.81. The van der Waals surface area contributed by atoms with E-state index >= 15 is 0 Å². The predicted molar refractivity (Wildman–Crippen MR) is 58.4 cm³/mol. The zero-order chi connectivity index (χ0) is 12.0. The Hall–Kier alpha value is -2.43. The van der Waals surface area contributed by atoms with Gasteiger partial charge in [0.25, 0.3) is 5.69 Å². The van der Waals surface area contributed by atoms with E-state index in [9.17, 15) is 14.9 Å². The van der Waals surface area contributed by atoms with Crippen molar-refractivity contribution < 1.29 is 14.5 Å². The maximum atomic E-state index is 10.9. The summed E-state index contributed by atoms with van der Waals surface area (Å²) in [6.45, 7) is 3.23. The number of ether oxygens (including phenoxy) is 1. The van der Waals surface area contributed by atoms with E-state index in [4.69, 9.17) is 0 Å². The van der Waals surface area contributed by atoms with Crippen LogP contribution in [0.5, 0.6) is 0 Å². The summed E-state index contributed by atoms with van der Waals surface area (Å²) >= 11 is 0. The zero-order valence-corrected chi connectivity index (χ0v) is 8.33. The first-order valence-corrected chi connectivity index (χ1v) is 4.37. The second-order valence-corrected chi connectivity index (χ2v) is 2.79. The summed E-state index contributed by atoms with van der Waals surface area (Å²) in [4.78, 5) is 20.9. The predicted octanol–water partition coefficient (Wildman–Crippen LogP) is 2.29. The van der Waals surface area contributed by atoms with Crippen molar-refractivity contribution in [2.45, 2.75) is 0 Å². The molecule has 0 fully saturated rings. The number of carbonyl (C=O) groups is 1. The van der Waals surface area contributed by atoms with Crippen molar-refractivity contribution in [3.8, 4) is 0 Å². The molecule has 0 amide bonds. The Morgan fingerprint density at radius 2 is 2.25 bits per heavy atom. The Bertz CT molecular complexity index is 451. The van der Waals surface area contributed by atoms with Crippen LogP contribution in [0.1, 0.15) is 5.56 Å². The van der Waals surface area contributed by atoms with Crippen molar-refractivity contribution in [3.63, 3.8) is 0 Å². The second kappa shape index (κ2) is 5.45. The van der Waals surface area contributed by atoms with Gasteiger partial charge in [0.15, 0.2) is 0 Å². The zero-order valence-electron chi connectivity index (χ0n) is 8.33. The summed E-state index contributed by atoms with van der Waals surface area (Å²) in [7, 11) is 0. The van der Waals surface area contributed by atoms with Crippen LogP contribution in [0.3, 0.4) is 0 Å². The van der Waals surface area contributed by atoms with Crippen molar-refractivity contribution in [3.05, 3.63) is 58.9 Å². The maximum absolute atomic E-state index is 10.9. The van der Waals surface area contributed by atoms with E-state index in [1.165, 1.54) is 30.4 Å². The van der Waals surface area contributed by atoms with Gasteiger partial charge in [-0.3, -0.25) is 10.1 Å². The SMILES string of the molecule is C=COC(=O)/C=C/c1cccc([N+](=O)[O-])c1. The number of benzene rings is 1. The first-order chi connectivity index (χ1) is 7.63. The fourth-order valence-corrected chi connectivity index (χ4v) is 1.03. The summed E-state index contributed by atoms with van der Waals surface area (Å²) in [5, 5.41) is 10.5. The number of nitro groups is 1. The van der Waals surface area contributed by atoms with Gasteiger partial charge in [0.1, 0.15) is 0 Å². The Morgan fingerprint density at radius 3 is 2.88 bits per heavy atom. The lowest BCUT2D eigenvalue weighted by Crippen LogP contribution is -1.92. The molecule has 0 saturated carbocycles. The number of non-ortho nitro benzene ring substituents is 1. The van der Waals surface area contributed by atoms with Crippen molar-refractivity contribution in [1.82, 2.24) is 0 Å². The number of rotatable bonds is 4. The third-order valence-electron chi connectivity index (χ3n) is 1.69. The third-order valence-corrected chi connectivity index (χ3v) is 1.69. The minimum atomic E-state index is -0.582. The Morgan fingerprint density at radius 1 is 1.50 bits per heavy atom. The first-order valence-electron chi connectivity index (χ1n) is 4.37. The molecule has 1 aromatic rings. The maximum Gasteiger partial charge on any atom is 0.335 e. The summed E-state index contributed by atoms with van der Waals surface area (Å²) in [5.41, 5.74) is 0.523. The van der Waals surface area contributed by atoms with Gasteiger partial charge in [-0.2, -0.15) is 0 Å². The molecule has 5 heteroatoms. The summed E-state index contributed by atoms with van der Waals surface area (Å²) in [6, 6.07) is 5.92. The second-order valence-electron chi connectivity index (χ2n) is 2.79. The van der Waals surface area contributed by atoms with E-state index in [0.29, 0.717) is 5.56 Å². The van der Waals surface area contributed by atoms with Crippen LogP contribution in [0.2, 0.25) is 0 Å². The van der Waals surface area contributed by atoms with Crippen molar-refractivity contribution >= 4 is 17.7 Å². The number of hydrogen-bond acceptors (Lipinski definition) is 4. The number of nitrogens with zero attached hydrogens (tertiary/aromatic N) is 1. The standard InChI is InChI=1S/C11H9NO4/c1-2-16-11(13)7-6-9-4-3-5-10(8-9)12(14)15/h2-8H,1H2/b7-6+. The van der Waals surface area contributed by atoms with E-state index in [0.717, 1.165) is 6.26 Å². The van der Waals surface area contributed by atoms with E-state index in [1.54, 1.807) is 6.07 Å². The van der Waals surface area contributed by atoms with Crippen LogP contribution in [0, 0.1) is 10.1 Å². The number of esters is 1. The first kappa shape index (κ1) is 11.6. The van der Waals surface area contributed by atoms with E-state index in [1.807, 2.05) is 0 Å². The molecule has 0 saturated heterocycles. The van der Waals surface area contributed by atoms with E-state index in [-0.39, 0.29) is 5.69 Å². The van der Waals surface area contributed by atoms with Gasteiger partial charge in [-0.1, -0.05) is 18.7 Å². The van der Waals surface area contributed by atoms with Gasteiger partial charge in [0, 0.05) is 18.2 Å². The van der Waals surface area contributed by atoms with Crippen LogP contribution in [0.25, 0.3) is 6.08 Å². The van der Waals surface area contributed by atoms with Gasteiger partial charge in [-0.15, -0.1) is 0 Å². The van der Waals surface area contributed by atoms with Gasteiger partial charge in [0.2, 0.25) is 0 Å². The lowest BCUT2D eigenvalue weighted by molar-refractivity contribution is -0.384. The molecule has 0 bridgehead atoms. The molecule has 0 aliphatic heterocycles. The molecule has 0 atom stereocenters. The summed E-state index contributed by atoms with van der Waals surface area (Å²) in [6.07, 6.45) is 3.61. The van der Waals surface area contributed by atoms with Gasteiger partial charge in [-0.05, 0) is 11.6 Å². The molecular formula is C11H9NO4. The third kappa shape index (κ3) is 3.38.